The molecule has 0 bridgehead atoms. The molecule has 8 nitrogen and oxygen atoms in total. The highest BCUT2D eigenvalue weighted by Crippen LogP contribution is 2.45. The normalized spacial score (nSPS) is 14.2. The first-order chi connectivity index (χ1) is 18.2. The van der Waals surface area contributed by atoms with Crippen LogP contribution in [0.2, 0.25) is 12.1 Å². The largest absolute Gasteiger partial charge is 0.501 e. The van der Waals surface area contributed by atoms with E-state index in [2.05, 4.69) is 38.0 Å². The molecule has 16 heteroatoms. The number of rotatable bonds is 21. The minimum atomic E-state index is -2.60. The van der Waals surface area contributed by atoms with Crippen LogP contribution in [0.25, 0.3) is 0 Å². The maximum absolute atomic E-state index is 6.01. The summed E-state index contributed by atoms with van der Waals surface area (Å²) in [7, 11) is 10.4. The summed E-state index contributed by atoms with van der Waals surface area (Å²) in [5, 5.41) is 0. The zero-order valence-corrected chi connectivity index (χ0v) is 32.0. The summed E-state index contributed by atoms with van der Waals surface area (Å²) in [4.78, 5) is 4.40. The Labute approximate surface area is 257 Å². The first-order valence-corrected chi connectivity index (χ1v) is 24.0. The molecule has 0 aromatic rings. The van der Waals surface area contributed by atoms with Gasteiger partial charge in [0, 0.05) is 51.7 Å². The van der Waals surface area contributed by atoms with Gasteiger partial charge < -0.3 is 26.6 Å². The minimum Gasteiger partial charge on any atom is -0.374 e. The fourth-order valence-electron chi connectivity index (χ4n) is 3.15. The topological polar surface area (TPSA) is 61.9 Å². The summed E-state index contributed by atoms with van der Waals surface area (Å²) < 4.78 is 38.7. The van der Waals surface area contributed by atoms with Gasteiger partial charge in [-0.05, 0) is 122 Å². The van der Waals surface area contributed by atoms with Crippen molar-refractivity contribution in [3.05, 3.63) is 0 Å². The molecule has 0 spiro atoms. The van der Waals surface area contributed by atoms with Gasteiger partial charge >= 0.3 is 17.6 Å². The van der Waals surface area contributed by atoms with Gasteiger partial charge in [-0.25, -0.2) is 0 Å². The molecule has 0 aliphatic carbocycles. The van der Waals surface area contributed by atoms with E-state index < -0.39 is 17.6 Å². The van der Waals surface area contributed by atoms with Gasteiger partial charge in [0.2, 0.25) is 0 Å². The van der Waals surface area contributed by atoms with Gasteiger partial charge in [-0.15, -0.1) is 0 Å². The number of hydrogen-bond acceptors (Lipinski definition) is 10. The third-order valence-corrected chi connectivity index (χ3v) is 21.7. The van der Waals surface area contributed by atoms with Crippen molar-refractivity contribution in [2.75, 3.05) is 79.3 Å². The van der Waals surface area contributed by atoms with E-state index in [-0.39, 0.29) is 0 Å². The average Bonchev–Trinajstić information content (AvgIpc) is 2.85. The second-order valence-corrected chi connectivity index (χ2v) is 22.0. The van der Waals surface area contributed by atoms with Crippen LogP contribution < -0.4 is 0 Å². The van der Waals surface area contributed by atoms with E-state index in [0.717, 1.165) is 23.6 Å². The SMILES string of the molecule is CCO[Si](CC[SH]=C(SSSSC(=[SH]CC[Si](OCC)(OCC)OCC)N(C)C)N(C)C)(OCC)OCC. The second-order valence-electron chi connectivity index (χ2n) is 7.88. The zero-order chi connectivity index (χ0) is 28.9. The molecule has 0 amide bonds. The second kappa shape index (κ2) is 24.4. The first kappa shape index (κ1) is 40.0. The number of hydrogen-bond donors (Lipinski definition) is 2. The fourth-order valence-corrected chi connectivity index (χ4v) is 19.7. The molecule has 0 aromatic heterocycles. The summed E-state index contributed by atoms with van der Waals surface area (Å²) in [6, 6.07) is 1.64. The van der Waals surface area contributed by atoms with Crippen LogP contribution in [-0.2, 0) is 26.6 Å². The summed E-state index contributed by atoms with van der Waals surface area (Å²) in [5.74, 6) is 1.90. The molecular weight excluding hydrogens is 637 g/mol. The fraction of sp³-hybridized carbons (Fsp3) is 0.909. The third kappa shape index (κ3) is 17.2. The van der Waals surface area contributed by atoms with Crippen molar-refractivity contribution < 1.29 is 26.6 Å². The van der Waals surface area contributed by atoms with Crippen molar-refractivity contribution >= 4 is 90.2 Å². The Kier molecular flexibility index (Phi) is 25.7. The van der Waals surface area contributed by atoms with Crippen LogP contribution in [0.5, 0.6) is 0 Å². The summed E-state index contributed by atoms with van der Waals surface area (Å²) in [6.45, 7) is 15.7. The molecule has 0 N–H and O–H groups in total. The van der Waals surface area contributed by atoms with Gasteiger partial charge in [-0.1, -0.05) is 0 Å². The quantitative estimate of drug-likeness (QED) is 0.0490. The van der Waals surface area contributed by atoms with Crippen molar-refractivity contribution in [1.82, 2.24) is 9.80 Å². The Morgan fingerprint density at radius 3 is 1.00 bits per heavy atom. The van der Waals surface area contributed by atoms with E-state index in [1.807, 2.05) is 63.1 Å². The predicted molar refractivity (Wildman–Crippen MR) is 186 cm³/mol. The van der Waals surface area contributed by atoms with E-state index in [0.29, 0.717) is 39.6 Å². The Morgan fingerprint density at radius 1 is 0.526 bits per heavy atom. The summed E-state index contributed by atoms with van der Waals surface area (Å²) in [6.07, 6.45) is 0. The lowest BCUT2D eigenvalue weighted by Crippen LogP contribution is -2.46. The standard InChI is InChI=1S/C22H52N2O6S6Si2/c1-11-25-37(26-12-2,27-13-3)19-17-31-21(23(7)8)33-35-36-34-22(24(9)10)32-18-20-38(28-14-4,29-15-5)30-16-6/h31-32H,11-20H2,1-10H3. The van der Waals surface area contributed by atoms with Gasteiger partial charge in [-0.2, -0.15) is 22.7 Å². The van der Waals surface area contributed by atoms with E-state index in [1.165, 1.54) is 31.3 Å². The average molecular weight is 689 g/mol. The lowest BCUT2D eigenvalue weighted by Gasteiger charge is -2.28. The number of nitrogens with zero attached hydrogens (tertiary/aromatic N) is 2. The van der Waals surface area contributed by atoms with Crippen LogP contribution in [0.1, 0.15) is 41.5 Å². The van der Waals surface area contributed by atoms with Crippen molar-refractivity contribution in [1.29, 1.82) is 0 Å². The Morgan fingerprint density at radius 2 is 0.789 bits per heavy atom. The van der Waals surface area contributed by atoms with Crippen molar-refractivity contribution in [3.63, 3.8) is 0 Å². The van der Waals surface area contributed by atoms with Crippen LogP contribution in [0.4, 0.5) is 0 Å². The highest BCUT2D eigenvalue weighted by atomic mass is 33.7. The van der Waals surface area contributed by atoms with Crippen LogP contribution in [0, 0.1) is 0 Å². The van der Waals surface area contributed by atoms with Crippen molar-refractivity contribution in [3.8, 4) is 0 Å². The molecule has 0 saturated heterocycles. The lowest BCUT2D eigenvalue weighted by molar-refractivity contribution is 0.0721. The number of thiol groups is 2. The monoisotopic (exact) mass is 688 g/mol. The van der Waals surface area contributed by atoms with Crippen LogP contribution in [-0.4, -0.2) is 115 Å². The maximum atomic E-state index is 6.01. The van der Waals surface area contributed by atoms with Crippen LogP contribution >= 0.6 is 63.9 Å². The molecule has 0 aromatic carbocycles. The Hall–Kier alpha value is 1.95. The van der Waals surface area contributed by atoms with Gasteiger partial charge in [0.25, 0.3) is 0 Å². The lowest BCUT2D eigenvalue weighted by atomic mass is 10.9. The van der Waals surface area contributed by atoms with E-state index in [1.54, 1.807) is 19.7 Å². The molecule has 0 aliphatic heterocycles. The molecule has 0 atom stereocenters. The van der Waals surface area contributed by atoms with E-state index in [4.69, 9.17) is 26.6 Å². The highest BCUT2D eigenvalue weighted by molar-refractivity contribution is 9.29. The summed E-state index contributed by atoms with van der Waals surface area (Å²) in [5.41, 5.74) is 0. The Bertz CT molecular complexity index is 580. The van der Waals surface area contributed by atoms with E-state index >= 15 is 0 Å². The molecule has 0 aliphatic rings. The molecule has 0 unspecified atom stereocenters. The van der Waals surface area contributed by atoms with Crippen molar-refractivity contribution in [2.24, 2.45) is 0 Å². The minimum absolute atomic E-state index is 0.613. The van der Waals surface area contributed by atoms with Gasteiger partial charge in [0.15, 0.2) is 0 Å². The van der Waals surface area contributed by atoms with Gasteiger partial charge in [0.05, 0.1) is 8.64 Å². The van der Waals surface area contributed by atoms with E-state index in [9.17, 15) is 0 Å². The first-order valence-electron chi connectivity index (χ1n) is 13.1. The third-order valence-electron chi connectivity index (χ3n) is 4.53. The molecule has 0 saturated carbocycles. The van der Waals surface area contributed by atoms with Crippen LogP contribution in [0.3, 0.4) is 0 Å². The summed E-state index contributed by atoms with van der Waals surface area (Å²) >= 11 is 2.52. The molecule has 0 radical (unpaired) electrons. The molecule has 0 heterocycles. The predicted octanol–water partition coefficient (Wildman–Crippen LogP) is 5.99. The molecule has 38 heavy (non-hydrogen) atoms. The highest BCUT2D eigenvalue weighted by Gasteiger charge is 2.40. The van der Waals surface area contributed by atoms with Gasteiger partial charge in [0.1, 0.15) is 0 Å². The Balaban J connectivity index is 5.02. The smallest absolute Gasteiger partial charge is 0.374 e. The maximum Gasteiger partial charge on any atom is 0.501 e. The van der Waals surface area contributed by atoms with Gasteiger partial charge in [-0.3, -0.25) is 9.80 Å². The molecule has 230 valence electrons. The van der Waals surface area contributed by atoms with Crippen molar-refractivity contribution in [2.45, 2.75) is 53.6 Å². The molecule has 0 rings (SSSR count). The molecular formula is C22H52N2O6S6Si2. The molecule has 0 fully saturated rings. The van der Waals surface area contributed by atoms with Crippen LogP contribution in [0.15, 0.2) is 0 Å². The zero-order valence-electron chi connectivity index (χ0n) is 24.9.